The van der Waals surface area contributed by atoms with Crippen LogP contribution in [-0.4, -0.2) is 37.2 Å². The van der Waals surface area contributed by atoms with E-state index in [2.05, 4.69) is 106 Å². The van der Waals surface area contributed by atoms with Gasteiger partial charge in [-0.25, -0.2) is 0 Å². The maximum Gasteiger partial charge on any atom is 0.306 e. The molecule has 0 aliphatic heterocycles. The predicted octanol–water partition coefficient (Wildman–Crippen LogP) is 20.3. The summed E-state index contributed by atoms with van der Waals surface area (Å²) in [4.78, 5) is 38.2. The monoisotopic (exact) mass is 989 g/mol. The van der Waals surface area contributed by atoms with Gasteiger partial charge in [-0.1, -0.05) is 260 Å². The summed E-state index contributed by atoms with van der Waals surface area (Å²) in [5.41, 5.74) is 0. The predicted molar refractivity (Wildman–Crippen MR) is 307 cm³/mol. The molecule has 408 valence electrons. The van der Waals surface area contributed by atoms with Crippen LogP contribution in [0.5, 0.6) is 0 Å². The molecule has 0 aliphatic carbocycles. The summed E-state index contributed by atoms with van der Waals surface area (Å²) in [6.07, 6.45) is 77.2. The van der Waals surface area contributed by atoms with Crippen LogP contribution in [0.1, 0.15) is 290 Å². The summed E-state index contributed by atoms with van der Waals surface area (Å²) in [6.45, 7) is 6.51. The molecule has 0 heterocycles. The molecule has 0 rings (SSSR count). The van der Waals surface area contributed by atoms with Crippen molar-refractivity contribution in [3.05, 3.63) is 85.1 Å². The van der Waals surface area contributed by atoms with E-state index in [0.717, 1.165) is 116 Å². The number of rotatable bonds is 54. The van der Waals surface area contributed by atoms with E-state index in [-0.39, 0.29) is 31.1 Å². The Morgan fingerprint density at radius 1 is 0.296 bits per heavy atom. The van der Waals surface area contributed by atoms with Gasteiger partial charge in [0.25, 0.3) is 0 Å². The lowest BCUT2D eigenvalue weighted by molar-refractivity contribution is -0.167. The number of hydrogen-bond acceptors (Lipinski definition) is 6. The minimum Gasteiger partial charge on any atom is -0.462 e. The molecule has 0 amide bonds. The highest BCUT2D eigenvalue weighted by Gasteiger charge is 2.19. The van der Waals surface area contributed by atoms with Gasteiger partial charge in [0, 0.05) is 19.3 Å². The van der Waals surface area contributed by atoms with Gasteiger partial charge < -0.3 is 14.2 Å². The minimum atomic E-state index is -0.790. The zero-order valence-corrected chi connectivity index (χ0v) is 46.7. The van der Waals surface area contributed by atoms with Crippen LogP contribution in [0.2, 0.25) is 0 Å². The van der Waals surface area contributed by atoms with Crippen molar-refractivity contribution in [1.29, 1.82) is 0 Å². The summed E-state index contributed by atoms with van der Waals surface area (Å²) in [7, 11) is 0. The zero-order chi connectivity index (χ0) is 51.4. The molecule has 0 bridgehead atoms. The van der Waals surface area contributed by atoms with Crippen molar-refractivity contribution in [2.24, 2.45) is 0 Å². The average Bonchev–Trinajstić information content (AvgIpc) is 3.37. The molecule has 0 saturated carbocycles. The van der Waals surface area contributed by atoms with Crippen molar-refractivity contribution >= 4 is 17.9 Å². The van der Waals surface area contributed by atoms with Gasteiger partial charge in [-0.05, 0) is 96.3 Å². The number of carbonyl (C=O) groups is 3. The van der Waals surface area contributed by atoms with E-state index < -0.39 is 6.10 Å². The van der Waals surface area contributed by atoms with Gasteiger partial charge >= 0.3 is 17.9 Å². The topological polar surface area (TPSA) is 78.9 Å². The first-order valence-electron chi connectivity index (χ1n) is 30.1. The molecule has 0 aromatic carbocycles. The van der Waals surface area contributed by atoms with E-state index >= 15 is 0 Å². The first-order chi connectivity index (χ1) is 35.0. The summed E-state index contributed by atoms with van der Waals surface area (Å²) >= 11 is 0. The van der Waals surface area contributed by atoms with E-state index in [1.165, 1.54) is 135 Å². The fourth-order valence-corrected chi connectivity index (χ4v) is 8.38. The smallest absolute Gasteiger partial charge is 0.306 e. The van der Waals surface area contributed by atoms with Crippen molar-refractivity contribution in [3.63, 3.8) is 0 Å². The van der Waals surface area contributed by atoms with E-state index in [4.69, 9.17) is 14.2 Å². The lowest BCUT2D eigenvalue weighted by Crippen LogP contribution is -2.30. The van der Waals surface area contributed by atoms with Crippen LogP contribution in [0.25, 0.3) is 0 Å². The number of esters is 3. The van der Waals surface area contributed by atoms with Crippen molar-refractivity contribution in [3.8, 4) is 0 Å². The number of hydrogen-bond donors (Lipinski definition) is 0. The van der Waals surface area contributed by atoms with Crippen LogP contribution in [0.15, 0.2) is 85.1 Å². The van der Waals surface area contributed by atoms with Gasteiger partial charge in [0.05, 0.1) is 0 Å². The first-order valence-corrected chi connectivity index (χ1v) is 30.1. The number of unbranched alkanes of at least 4 members (excludes halogenated alkanes) is 29. The third-order valence-electron chi connectivity index (χ3n) is 12.9. The Morgan fingerprint density at radius 3 is 0.887 bits per heavy atom. The largest absolute Gasteiger partial charge is 0.462 e. The van der Waals surface area contributed by atoms with Crippen molar-refractivity contribution in [1.82, 2.24) is 0 Å². The summed E-state index contributed by atoms with van der Waals surface area (Å²) in [5, 5.41) is 0. The Hall–Kier alpha value is -3.41. The van der Waals surface area contributed by atoms with E-state index in [0.29, 0.717) is 19.3 Å². The van der Waals surface area contributed by atoms with Crippen LogP contribution in [-0.2, 0) is 28.6 Å². The summed E-state index contributed by atoms with van der Waals surface area (Å²) in [6, 6.07) is 0. The SMILES string of the molecule is CC/C=C\C/C=C\C/C=C\C/C=C\C/C=C\C/C=C\CCCCCCC(=O)OCC(COC(=O)CCCCCCC/C=C\CCCCCC)OC(=O)CCCCCCCCCCCCCCCCCCC. The van der Waals surface area contributed by atoms with Crippen LogP contribution in [0, 0.1) is 0 Å². The van der Waals surface area contributed by atoms with Gasteiger partial charge in [0.2, 0.25) is 0 Å². The maximum atomic E-state index is 12.9. The lowest BCUT2D eigenvalue weighted by atomic mass is 10.0. The third kappa shape index (κ3) is 57.4. The fourth-order valence-electron chi connectivity index (χ4n) is 8.38. The molecule has 0 saturated heterocycles. The molecule has 0 fully saturated rings. The normalized spacial score (nSPS) is 12.7. The lowest BCUT2D eigenvalue weighted by Gasteiger charge is -2.18. The van der Waals surface area contributed by atoms with Crippen LogP contribution in [0.3, 0.4) is 0 Å². The van der Waals surface area contributed by atoms with Gasteiger partial charge in [0.1, 0.15) is 13.2 Å². The number of allylic oxidation sites excluding steroid dienone is 14. The highest BCUT2D eigenvalue weighted by Crippen LogP contribution is 2.16. The van der Waals surface area contributed by atoms with Gasteiger partial charge in [0.15, 0.2) is 6.10 Å². The highest BCUT2D eigenvalue weighted by atomic mass is 16.6. The second-order valence-corrected chi connectivity index (χ2v) is 19.9. The number of ether oxygens (including phenoxy) is 3. The molecule has 6 heteroatoms. The van der Waals surface area contributed by atoms with Crippen molar-refractivity contribution in [2.75, 3.05) is 13.2 Å². The summed E-state index contributed by atoms with van der Waals surface area (Å²) in [5.74, 6) is -0.910. The van der Waals surface area contributed by atoms with Crippen molar-refractivity contribution < 1.29 is 28.6 Å². The Bertz CT molecular complexity index is 1370. The standard InChI is InChI=1S/C65H112O6/c1-4-7-10-13-16-19-22-25-27-29-30-31-32-33-34-36-37-40-43-46-49-52-55-58-64(67)70-61-62(60-69-63(66)57-54-51-48-45-42-39-24-21-18-15-12-9-6-3)71-65(68)59-56-53-50-47-44-41-38-35-28-26-23-20-17-14-11-8-5-2/h7,10,16,19,21,24-25,27,30-31,33-34,37,40,62H,4-6,8-9,11-15,17-18,20,22-23,26,28-29,32,35-36,38-39,41-61H2,1-3H3/b10-7-,19-16-,24-21-,27-25-,31-30-,34-33-,40-37-. The number of carbonyl (C=O) groups excluding carboxylic acids is 3. The molecule has 0 radical (unpaired) electrons. The Balaban J connectivity index is 4.40. The van der Waals surface area contributed by atoms with Gasteiger partial charge in [-0.15, -0.1) is 0 Å². The van der Waals surface area contributed by atoms with Crippen LogP contribution < -0.4 is 0 Å². The van der Waals surface area contributed by atoms with E-state index in [1.807, 2.05) is 0 Å². The molecule has 6 nitrogen and oxygen atoms in total. The Morgan fingerprint density at radius 2 is 0.549 bits per heavy atom. The molecular weight excluding hydrogens is 877 g/mol. The molecule has 1 atom stereocenters. The van der Waals surface area contributed by atoms with E-state index in [9.17, 15) is 14.4 Å². The van der Waals surface area contributed by atoms with E-state index in [1.54, 1.807) is 0 Å². The van der Waals surface area contributed by atoms with Crippen LogP contribution >= 0.6 is 0 Å². The van der Waals surface area contributed by atoms with Crippen LogP contribution in [0.4, 0.5) is 0 Å². The molecule has 0 aliphatic rings. The maximum absolute atomic E-state index is 12.9. The molecule has 0 aromatic heterocycles. The molecule has 1 unspecified atom stereocenters. The summed E-state index contributed by atoms with van der Waals surface area (Å²) < 4.78 is 16.9. The fraction of sp³-hybridized carbons (Fsp3) is 0.738. The Labute approximate surface area is 439 Å². The minimum absolute atomic E-state index is 0.0870. The molecular formula is C65H112O6. The molecule has 0 N–H and O–H groups in total. The quantitative estimate of drug-likeness (QED) is 0.0261. The molecule has 0 spiro atoms. The second-order valence-electron chi connectivity index (χ2n) is 19.9. The van der Waals surface area contributed by atoms with Gasteiger partial charge in [-0.2, -0.15) is 0 Å². The third-order valence-corrected chi connectivity index (χ3v) is 12.9. The van der Waals surface area contributed by atoms with Crippen molar-refractivity contribution in [2.45, 2.75) is 297 Å². The second kappa shape index (κ2) is 59.2. The Kier molecular flexibility index (Phi) is 56.3. The average molecular weight is 990 g/mol. The highest BCUT2D eigenvalue weighted by molar-refractivity contribution is 5.71. The molecule has 0 aromatic rings. The zero-order valence-electron chi connectivity index (χ0n) is 46.7. The molecule has 71 heavy (non-hydrogen) atoms. The van der Waals surface area contributed by atoms with Gasteiger partial charge in [-0.3, -0.25) is 14.4 Å². The first kappa shape index (κ1) is 67.6.